The van der Waals surface area contributed by atoms with Crippen molar-refractivity contribution in [2.45, 2.75) is 30.2 Å². The largest absolute Gasteiger partial charge is 0.493 e. The van der Waals surface area contributed by atoms with E-state index in [0.29, 0.717) is 16.0 Å². The number of sulfonamides is 1. The molecule has 0 heterocycles. The molecular formula is C14H17BrN2O4S. The summed E-state index contributed by atoms with van der Waals surface area (Å²) in [5.74, 6) is 0.765. The van der Waals surface area contributed by atoms with E-state index in [1.807, 2.05) is 0 Å². The van der Waals surface area contributed by atoms with Crippen molar-refractivity contribution in [2.75, 3.05) is 14.2 Å². The lowest BCUT2D eigenvalue weighted by Crippen LogP contribution is -2.46. The van der Waals surface area contributed by atoms with Gasteiger partial charge in [-0.25, -0.2) is 8.42 Å². The molecule has 1 saturated carbocycles. The Morgan fingerprint density at radius 2 is 1.86 bits per heavy atom. The van der Waals surface area contributed by atoms with Crippen molar-refractivity contribution in [3.8, 4) is 17.6 Å². The van der Waals surface area contributed by atoms with Crippen LogP contribution in [0.2, 0.25) is 0 Å². The van der Waals surface area contributed by atoms with Gasteiger partial charge in [-0.1, -0.05) is 0 Å². The molecule has 22 heavy (non-hydrogen) atoms. The smallest absolute Gasteiger partial charge is 0.243 e. The van der Waals surface area contributed by atoms with E-state index < -0.39 is 15.6 Å². The van der Waals surface area contributed by atoms with E-state index in [-0.39, 0.29) is 10.8 Å². The lowest BCUT2D eigenvalue weighted by molar-refractivity contribution is 0.353. The molecular weight excluding hydrogens is 372 g/mol. The van der Waals surface area contributed by atoms with Crippen LogP contribution < -0.4 is 14.2 Å². The first-order valence-corrected chi connectivity index (χ1v) is 8.91. The Balaban J connectivity index is 2.43. The van der Waals surface area contributed by atoms with Gasteiger partial charge in [0.15, 0.2) is 11.5 Å². The zero-order chi connectivity index (χ0) is 16.5. The summed E-state index contributed by atoms with van der Waals surface area (Å²) in [6.45, 7) is 1.61. The molecule has 0 radical (unpaired) electrons. The van der Waals surface area contributed by atoms with Gasteiger partial charge in [-0.05, 0) is 47.7 Å². The summed E-state index contributed by atoms with van der Waals surface area (Å²) in [4.78, 5) is 0.00674. The summed E-state index contributed by atoms with van der Waals surface area (Å²) in [5, 5.41) is 9.32. The monoisotopic (exact) mass is 388 g/mol. The number of nitrogens with one attached hydrogen (secondary N) is 1. The highest BCUT2D eigenvalue weighted by Gasteiger charge is 2.45. The molecule has 1 aliphatic carbocycles. The van der Waals surface area contributed by atoms with Gasteiger partial charge in [0.2, 0.25) is 10.0 Å². The molecule has 8 heteroatoms. The summed E-state index contributed by atoms with van der Waals surface area (Å²) in [6.07, 6.45) is 1.69. The fourth-order valence-electron chi connectivity index (χ4n) is 2.23. The van der Waals surface area contributed by atoms with Crippen LogP contribution in [0.25, 0.3) is 0 Å². The number of halogens is 1. The molecule has 1 fully saturated rings. The van der Waals surface area contributed by atoms with Crippen LogP contribution in [0.4, 0.5) is 0 Å². The number of ether oxygens (including phenoxy) is 2. The highest BCUT2D eigenvalue weighted by molar-refractivity contribution is 9.10. The lowest BCUT2D eigenvalue weighted by atomic mass is 10.0. The number of hydrogen-bond donors (Lipinski definition) is 1. The maximum Gasteiger partial charge on any atom is 0.243 e. The summed E-state index contributed by atoms with van der Waals surface area (Å²) in [7, 11) is -0.980. The van der Waals surface area contributed by atoms with Crippen molar-refractivity contribution in [3.63, 3.8) is 0 Å². The quantitative estimate of drug-likeness (QED) is 0.808. The van der Waals surface area contributed by atoms with Crippen LogP contribution in [0.1, 0.15) is 19.8 Å². The molecule has 0 saturated heterocycles. The number of methoxy groups -OCH3 is 2. The molecule has 1 aromatic rings. The summed E-state index contributed by atoms with van der Waals surface area (Å²) >= 11 is 3.23. The normalized spacial score (nSPS) is 17.4. The minimum atomic E-state index is -3.88. The van der Waals surface area contributed by atoms with Crippen LogP contribution in [0.5, 0.6) is 11.5 Å². The van der Waals surface area contributed by atoms with Crippen LogP contribution in [0.3, 0.4) is 0 Å². The minimum Gasteiger partial charge on any atom is -0.493 e. The molecule has 6 nitrogen and oxygen atoms in total. The SMILES string of the molecule is COc1cc(Br)c(S(=O)(=O)N[C@](C)(C#N)C2CC2)cc1OC. The van der Waals surface area contributed by atoms with E-state index in [1.165, 1.54) is 26.4 Å². The average Bonchev–Trinajstić information content (AvgIpc) is 3.31. The molecule has 0 spiro atoms. The van der Waals surface area contributed by atoms with Gasteiger partial charge in [-0.2, -0.15) is 9.98 Å². The fourth-order valence-corrected chi connectivity index (χ4v) is 4.65. The predicted molar refractivity (Wildman–Crippen MR) is 84.3 cm³/mol. The average molecular weight is 389 g/mol. The number of nitrogens with zero attached hydrogens (tertiary/aromatic N) is 1. The Kier molecular flexibility index (Phi) is 4.70. The van der Waals surface area contributed by atoms with Crippen LogP contribution >= 0.6 is 15.9 Å². The molecule has 1 atom stereocenters. The van der Waals surface area contributed by atoms with Gasteiger partial charge in [-0.15, -0.1) is 0 Å². The molecule has 1 aliphatic rings. The van der Waals surface area contributed by atoms with Gasteiger partial charge in [0.25, 0.3) is 0 Å². The van der Waals surface area contributed by atoms with Crippen LogP contribution in [-0.4, -0.2) is 28.2 Å². The summed E-state index contributed by atoms with van der Waals surface area (Å²) in [6, 6.07) is 4.97. The van der Waals surface area contributed by atoms with Gasteiger partial charge in [0.05, 0.1) is 20.3 Å². The lowest BCUT2D eigenvalue weighted by Gasteiger charge is -2.23. The van der Waals surface area contributed by atoms with E-state index in [4.69, 9.17) is 9.47 Å². The third kappa shape index (κ3) is 3.21. The molecule has 0 bridgehead atoms. The first-order chi connectivity index (χ1) is 10.3. The second kappa shape index (κ2) is 6.07. The molecule has 0 aliphatic heterocycles. The highest BCUT2D eigenvalue weighted by Crippen LogP contribution is 2.41. The van der Waals surface area contributed by atoms with Gasteiger partial charge in [0, 0.05) is 10.5 Å². The Morgan fingerprint density at radius 1 is 1.32 bits per heavy atom. The van der Waals surface area contributed by atoms with E-state index in [9.17, 15) is 13.7 Å². The van der Waals surface area contributed by atoms with Crippen molar-refractivity contribution in [2.24, 2.45) is 5.92 Å². The molecule has 1 aromatic carbocycles. The Morgan fingerprint density at radius 3 is 2.32 bits per heavy atom. The van der Waals surface area contributed by atoms with Crippen LogP contribution in [-0.2, 0) is 10.0 Å². The molecule has 0 aromatic heterocycles. The first-order valence-electron chi connectivity index (χ1n) is 6.64. The van der Waals surface area contributed by atoms with Gasteiger partial charge in [0.1, 0.15) is 10.4 Å². The summed E-state index contributed by atoms with van der Waals surface area (Å²) in [5.41, 5.74) is -1.11. The molecule has 120 valence electrons. The number of rotatable bonds is 6. The van der Waals surface area contributed by atoms with Crippen molar-refractivity contribution >= 4 is 26.0 Å². The molecule has 0 unspecified atom stereocenters. The molecule has 1 N–H and O–H groups in total. The maximum atomic E-state index is 12.6. The number of nitriles is 1. The first kappa shape index (κ1) is 17.1. The Hall–Kier alpha value is -1.30. The standard InChI is InChI=1S/C14H17BrN2O4S/c1-14(8-16,9-4-5-9)17-22(18,19)13-7-12(21-3)11(20-2)6-10(13)15/h6-7,9,17H,4-5H2,1-3H3/t14-/m1/s1. The molecule has 0 amide bonds. The van der Waals surface area contributed by atoms with Crippen LogP contribution in [0, 0.1) is 17.2 Å². The zero-order valence-corrected chi connectivity index (χ0v) is 14.9. The third-order valence-corrected chi connectivity index (χ3v) is 6.23. The fraction of sp³-hybridized carbons (Fsp3) is 0.500. The van der Waals surface area contributed by atoms with E-state index in [0.717, 1.165) is 12.8 Å². The summed E-state index contributed by atoms with van der Waals surface area (Å²) < 4.78 is 38.4. The van der Waals surface area contributed by atoms with Gasteiger partial charge in [-0.3, -0.25) is 0 Å². The topological polar surface area (TPSA) is 88.4 Å². The Bertz CT molecular complexity index is 725. The second-order valence-electron chi connectivity index (χ2n) is 5.33. The third-order valence-electron chi connectivity index (χ3n) is 3.70. The van der Waals surface area contributed by atoms with Crippen LogP contribution in [0.15, 0.2) is 21.5 Å². The second-order valence-corrected chi connectivity index (χ2v) is 7.84. The van der Waals surface area contributed by atoms with Crippen molar-refractivity contribution in [3.05, 3.63) is 16.6 Å². The van der Waals surface area contributed by atoms with E-state index >= 15 is 0 Å². The van der Waals surface area contributed by atoms with Crippen molar-refractivity contribution in [1.29, 1.82) is 5.26 Å². The van der Waals surface area contributed by atoms with E-state index in [2.05, 4.69) is 26.7 Å². The maximum absolute atomic E-state index is 12.6. The number of hydrogen-bond acceptors (Lipinski definition) is 5. The minimum absolute atomic E-state index is 0.00674. The number of benzene rings is 1. The predicted octanol–water partition coefficient (Wildman–Crippen LogP) is 2.44. The molecule has 2 rings (SSSR count). The van der Waals surface area contributed by atoms with E-state index in [1.54, 1.807) is 6.92 Å². The van der Waals surface area contributed by atoms with Gasteiger partial charge < -0.3 is 9.47 Å². The van der Waals surface area contributed by atoms with Crippen molar-refractivity contribution in [1.82, 2.24) is 4.72 Å². The Labute approximate surface area is 138 Å². The highest BCUT2D eigenvalue weighted by atomic mass is 79.9. The van der Waals surface area contributed by atoms with Crippen molar-refractivity contribution < 1.29 is 17.9 Å². The van der Waals surface area contributed by atoms with Gasteiger partial charge >= 0.3 is 0 Å². The zero-order valence-electron chi connectivity index (χ0n) is 12.5.